The van der Waals surface area contributed by atoms with Crippen LogP contribution < -0.4 is 4.72 Å². The second-order valence-corrected chi connectivity index (χ2v) is 7.41. The Balaban J connectivity index is 1.80. The van der Waals surface area contributed by atoms with Crippen LogP contribution in [0.15, 0.2) is 29.2 Å². The molecule has 22 heavy (non-hydrogen) atoms. The first-order chi connectivity index (χ1) is 10.6. The summed E-state index contributed by atoms with van der Waals surface area (Å²) < 4.78 is 38.7. The van der Waals surface area contributed by atoms with E-state index in [0.29, 0.717) is 18.8 Å². The third-order valence-electron chi connectivity index (χ3n) is 4.45. The van der Waals surface area contributed by atoms with Crippen LogP contribution in [0.3, 0.4) is 0 Å². The topological polar surface area (TPSA) is 88.4 Å². The normalized spacial score (nSPS) is 30.4. The number of ether oxygens (including phenoxy) is 2. The zero-order chi connectivity index (χ0) is 15.7. The first kappa shape index (κ1) is 15.4. The van der Waals surface area contributed by atoms with E-state index in [4.69, 9.17) is 14.7 Å². The summed E-state index contributed by atoms with van der Waals surface area (Å²) in [7, 11) is -2.05. The summed E-state index contributed by atoms with van der Waals surface area (Å²) in [5, 5.41) is 8.90. The summed E-state index contributed by atoms with van der Waals surface area (Å²) >= 11 is 0. The van der Waals surface area contributed by atoms with Crippen LogP contribution in [-0.2, 0) is 19.5 Å². The maximum atomic E-state index is 12.5. The summed E-state index contributed by atoms with van der Waals surface area (Å²) in [5.74, 6) is 0.237. The van der Waals surface area contributed by atoms with Gasteiger partial charge in [0.1, 0.15) is 0 Å². The highest BCUT2D eigenvalue weighted by Gasteiger charge is 2.54. The quantitative estimate of drug-likeness (QED) is 0.869. The summed E-state index contributed by atoms with van der Waals surface area (Å²) in [6, 6.07) is 7.81. The Bertz CT molecular complexity index is 698. The number of sulfonamides is 1. The van der Waals surface area contributed by atoms with E-state index in [0.717, 1.165) is 6.42 Å². The molecule has 0 bridgehead atoms. The van der Waals surface area contributed by atoms with E-state index < -0.39 is 10.0 Å². The van der Waals surface area contributed by atoms with E-state index in [1.807, 2.05) is 6.07 Å². The van der Waals surface area contributed by atoms with E-state index in [9.17, 15) is 8.42 Å². The van der Waals surface area contributed by atoms with Gasteiger partial charge < -0.3 is 9.47 Å². The molecule has 1 aromatic carbocycles. The Morgan fingerprint density at radius 3 is 3.05 bits per heavy atom. The van der Waals surface area contributed by atoms with Crippen LogP contribution in [0.4, 0.5) is 0 Å². The zero-order valence-electron chi connectivity index (χ0n) is 12.2. The molecule has 1 aromatic rings. The molecule has 6 nitrogen and oxygen atoms in total. The molecule has 1 N–H and O–H groups in total. The number of benzene rings is 1. The molecule has 1 heterocycles. The Kier molecular flexibility index (Phi) is 4.19. The number of methoxy groups -OCH3 is 1. The summed E-state index contributed by atoms with van der Waals surface area (Å²) in [6.07, 6.45) is 0.939. The fourth-order valence-corrected chi connectivity index (χ4v) is 4.76. The fourth-order valence-electron chi connectivity index (χ4n) is 3.38. The molecule has 0 amide bonds. The highest BCUT2D eigenvalue weighted by atomic mass is 32.2. The van der Waals surface area contributed by atoms with Crippen LogP contribution in [0.2, 0.25) is 0 Å². The molecule has 0 unspecified atom stereocenters. The molecule has 2 fully saturated rings. The number of rotatable bonds is 5. The van der Waals surface area contributed by atoms with E-state index >= 15 is 0 Å². The van der Waals surface area contributed by atoms with Crippen molar-refractivity contribution in [3.63, 3.8) is 0 Å². The second kappa shape index (κ2) is 5.97. The minimum absolute atomic E-state index is 0.0337. The standard InChI is InChI=1S/C15H18N2O4S/c1-20-9-13-14(12-5-6-21-15(12)13)17-22(18,19)11-4-2-3-10(7-11)8-16/h2-4,7,12-15,17H,5-6,9H2,1H3/t12-,13+,14+,15-/m0/s1. The molecule has 1 aliphatic heterocycles. The van der Waals surface area contributed by atoms with Gasteiger partial charge >= 0.3 is 0 Å². The van der Waals surface area contributed by atoms with Crippen molar-refractivity contribution in [1.82, 2.24) is 4.72 Å². The molecule has 118 valence electrons. The highest BCUT2D eigenvalue weighted by Crippen LogP contribution is 2.44. The second-order valence-electron chi connectivity index (χ2n) is 5.69. The maximum absolute atomic E-state index is 12.5. The van der Waals surface area contributed by atoms with E-state index in [1.165, 1.54) is 12.1 Å². The van der Waals surface area contributed by atoms with Crippen LogP contribution >= 0.6 is 0 Å². The number of hydrogen-bond donors (Lipinski definition) is 1. The predicted molar refractivity (Wildman–Crippen MR) is 78.5 cm³/mol. The lowest BCUT2D eigenvalue weighted by Gasteiger charge is -2.47. The van der Waals surface area contributed by atoms with Crippen LogP contribution in [-0.4, -0.2) is 40.9 Å². The van der Waals surface area contributed by atoms with Crippen molar-refractivity contribution in [2.45, 2.75) is 23.5 Å². The van der Waals surface area contributed by atoms with Crippen molar-refractivity contribution in [2.75, 3.05) is 20.3 Å². The molecule has 0 radical (unpaired) electrons. The zero-order valence-corrected chi connectivity index (χ0v) is 13.0. The first-order valence-electron chi connectivity index (χ1n) is 7.20. The van der Waals surface area contributed by atoms with E-state index in [-0.39, 0.29) is 28.9 Å². The Morgan fingerprint density at radius 1 is 1.50 bits per heavy atom. The van der Waals surface area contributed by atoms with Gasteiger partial charge in [-0.15, -0.1) is 0 Å². The van der Waals surface area contributed by atoms with Gasteiger partial charge in [-0.2, -0.15) is 5.26 Å². The van der Waals surface area contributed by atoms with Crippen LogP contribution in [0.25, 0.3) is 0 Å². The monoisotopic (exact) mass is 322 g/mol. The Hall–Kier alpha value is -1.46. The molecule has 1 saturated heterocycles. The van der Waals surface area contributed by atoms with Crippen LogP contribution in [0.1, 0.15) is 12.0 Å². The average Bonchev–Trinajstić information content (AvgIpc) is 2.95. The fraction of sp³-hybridized carbons (Fsp3) is 0.533. The molecular weight excluding hydrogens is 304 g/mol. The van der Waals surface area contributed by atoms with Crippen LogP contribution in [0.5, 0.6) is 0 Å². The van der Waals surface area contributed by atoms with Gasteiger partial charge in [0.05, 0.1) is 29.2 Å². The molecule has 0 aromatic heterocycles. The minimum atomic E-state index is -3.66. The SMILES string of the molecule is COC[C@@H]1[C@H](NS(=O)(=O)c2cccc(C#N)c2)[C@@H]2CCO[C@H]12. The number of nitrogens with one attached hydrogen (secondary N) is 1. The molecule has 3 rings (SSSR count). The lowest BCUT2D eigenvalue weighted by atomic mass is 9.68. The molecule has 2 aliphatic rings. The van der Waals surface area contributed by atoms with Gasteiger partial charge in [-0.25, -0.2) is 13.1 Å². The van der Waals surface area contributed by atoms with Gasteiger partial charge in [-0.05, 0) is 24.6 Å². The average molecular weight is 322 g/mol. The lowest BCUT2D eigenvalue weighted by Crippen LogP contribution is -2.62. The van der Waals surface area contributed by atoms with E-state index in [2.05, 4.69) is 4.72 Å². The minimum Gasteiger partial charge on any atom is -0.384 e. The first-order valence-corrected chi connectivity index (χ1v) is 8.68. The van der Waals surface area contributed by atoms with Gasteiger partial charge in [0.25, 0.3) is 0 Å². The molecule has 1 aliphatic carbocycles. The number of nitriles is 1. The summed E-state index contributed by atoms with van der Waals surface area (Å²) in [4.78, 5) is 0.116. The third kappa shape index (κ3) is 2.63. The van der Waals surface area contributed by atoms with Crippen molar-refractivity contribution in [3.8, 4) is 6.07 Å². The Labute approximate surface area is 130 Å². The summed E-state index contributed by atoms with van der Waals surface area (Å²) in [6.45, 7) is 1.13. The van der Waals surface area contributed by atoms with E-state index in [1.54, 1.807) is 19.2 Å². The molecule has 0 spiro atoms. The highest BCUT2D eigenvalue weighted by molar-refractivity contribution is 7.89. The van der Waals surface area contributed by atoms with Crippen molar-refractivity contribution < 1.29 is 17.9 Å². The van der Waals surface area contributed by atoms with Crippen LogP contribution in [0, 0.1) is 23.2 Å². The molecule has 7 heteroatoms. The number of fused-ring (bicyclic) bond motifs is 1. The number of hydrogen-bond acceptors (Lipinski definition) is 5. The van der Waals surface area contributed by atoms with Crippen molar-refractivity contribution in [3.05, 3.63) is 29.8 Å². The lowest BCUT2D eigenvalue weighted by molar-refractivity contribution is -0.0775. The van der Waals surface area contributed by atoms with Crippen molar-refractivity contribution >= 4 is 10.0 Å². The predicted octanol–water partition coefficient (Wildman–Crippen LogP) is 0.886. The maximum Gasteiger partial charge on any atom is 0.240 e. The molecule has 1 saturated carbocycles. The van der Waals surface area contributed by atoms with Gasteiger partial charge in [-0.3, -0.25) is 0 Å². The molecule has 4 atom stereocenters. The number of nitrogens with zero attached hydrogens (tertiary/aromatic N) is 1. The van der Waals surface area contributed by atoms with Gasteiger partial charge in [0.2, 0.25) is 10.0 Å². The third-order valence-corrected chi connectivity index (χ3v) is 5.91. The van der Waals surface area contributed by atoms with Gasteiger partial charge in [0, 0.05) is 31.6 Å². The van der Waals surface area contributed by atoms with Gasteiger partial charge in [-0.1, -0.05) is 6.07 Å². The smallest absolute Gasteiger partial charge is 0.240 e. The van der Waals surface area contributed by atoms with Crippen molar-refractivity contribution in [2.24, 2.45) is 11.8 Å². The van der Waals surface area contributed by atoms with Crippen molar-refractivity contribution in [1.29, 1.82) is 5.26 Å². The van der Waals surface area contributed by atoms with Gasteiger partial charge in [0.15, 0.2) is 0 Å². The summed E-state index contributed by atoms with van der Waals surface area (Å²) in [5.41, 5.74) is 0.326. The molecular formula is C15H18N2O4S. The largest absolute Gasteiger partial charge is 0.384 e. The Morgan fingerprint density at radius 2 is 2.32 bits per heavy atom.